The number of morpholine rings is 1. The Morgan fingerprint density at radius 2 is 1.96 bits per heavy atom. The lowest BCUT2D eigenvalue weighted by Crippen LogP contribution is -2.37. The molecule has 1 aliphatic heterocycles. The monoisotopic (exact) mass is 366 g/mol. The fourth-order valence-corrected chi connectivity index (χ4v) is 4.16. The number of aromatic amines is 1. The molecule has 0 aliphatic carbocycles. The molecule has 2 aromatic rings. The van der Waals surface area contributed by atoms with Gasteiger partial charge in [0.25, 0.3) is 0 Å². The highest BCUT2D eigenvalue weighted by Gasteiger charge is 2.22. The number of anilines is 1. The van der Waals surface area contributed by atoms with Gasteiger partial charge in [-0.2, -0.15) is 5.10 Å². The Morgan fingerprint density at radius 1 is 1.24 bits per heavy atom. The van der Waals surface area contributed by atoms with Gasteiger partial charge in [0.15, 0.2) is 0 Å². The van der Waals surface area contributed by atoms with Crippen LogP contribution in [-0.4, -0.2) is 54.9 Å². The molecule has 0 unspecified atom stereocenters. The van der Waals surface area contributed by atoms with E-state index >= 15 is 0 Å². The Balaban J connectivity index is 1.78. The second-order valence-corrected chi connectivity index (χ2v) is 7.67. The highest BCUT2D eigenvalue weighted by atomic mass is 32.2. The van der Waals surface area contributed by atoms with E-state index in [9.17, 15) is 8.42 Å². The van der Waals surface area contributed by atoms with Crippen LogP contribution in [-0.2, 0) is 21.3 Å². The van der Waals surface area contributed by atoms with Gasteiger partial charge in [-0.1, -0.05) is 0 Å². The van der Waals surface area contributed by atoms with E-state index < -0.39 is 10.0 Å². The maximum atomic E-state index is 12.5. The van der Waals surface area contributed by atoms with E-state index in [2.05, 4.69) is 29.8 Å². The summed E-state index contributed by atoms with van der Waals surface area (Å²) in [4.78, 5) is 11.1. The van der Waals surface area contributed by atoms with Crippen molar-refractivity contribution in [3.8, 4) is 0 Å². The van der Waals surface area contributed by atoms with E-state index in [1.54, 1.807) is 13.8 Å². The average Bonchev–Trinajstić information content (AvgIpc) is 2.93. The lowest BCUT2D eigenvalue weighted by molar-refractivity contribution is 0.122. The highest BCUT2D eigenvalue weighted by Crippen LogP contribution is 2.17. The Morgan fingerprint density at radius 3 is 2.60 bits per heavy atom. The standard InChI is InChI=1S/C15H22N6O3S/c1-10-8-14(21-4-6-24-7-5-21)18-13(17-10)9-16-25(22,23)15-11(2)19-20-12(15)3/h8,16H,4-7,9H2,1-3H3,(H,19,20). The Labute approximate surface area is 146 Å². The Bertz CT molecular complexity index is 839. The van der Waals surface area contributed by atoms with Gasteiger partial charge in [-0.15, -0.1) is 0 Å². The number of rotatable bonds is 5. The van der Waals surface area contributed by atoms with E-state index in [1.165, 1.54) is 0 Å². The first-order valence-corrected chi connectivity index (χ1v) is 9.53. The number of nitrogens with one attached hydrogen (secondary N) is 2. The van der Waals surface area contributed by atoms with Crippen molar-refractivity contribution >= 4 is 15.8 Å². The third kappa shape index (κ3) is 3.97. The zero-order chi connectivity index (χ0) is 18.0. The van der Waals surface area contributed by atoms with Crippen LogP contribution in [0, 0.1) is 20.8 Å². The molecule has 0 spiro atoms. The van der Waals surface area contributed by atoms with Crippen LogP contribution in [0.1, 0.15) is 22.9 Å². The summed E-state index contributed by atoms with van der Waals surface area (Å²) < 4.78 is 33.0. The van der Waals surface area contributed by atoms with Gasteiger partial charge in [0.1, 0.15) is 16.5 Å². The molecule has 1 saturated heterocycles. The third-order valence-corrected chi connectivity index (χ3v) is 5.64. The first-order chi connectivity index (χ1) is 11.9. The average molecular weight is 366 g/mol. The minimum atomic E-state index is -3.68. The van der Waals surface area contributed by atoms with Crippen molar-refractivity contribution in [2.24, 2.45) is 0 Å². The molecule has 2 aromatic heterocycles. The molecule has 0 bridgehead atoms. The summed E-state index contributed by atoms with van der Waals surface area (Å²) >= 11 is 0. The van der Waals surface area contributed by atoms with Gasteiger partial charge in [0.05, 0.1) is 31.1 Å². The van der Waals surface area contributed by atoms with Crippen LogP contribution in [0.4, 0.5) is 5.82 Å². The molecule has 0 radical (unpaired) electrons. The number of ether oxygens (including phenoxy) is 1. The molecule has 0 amide bonds. The summed E-state index contributed by atoms with van der Waals surface area (Å²) in [5, 5.41) is 6.62. The quantitative estimate of drug-likeness (QED) is 0.789. The number of aryl methyl sites for hydroxylation is 3. The molecular weight excluding hydrogens is 344 g/mol. The van der Waals surface area contributed by atoms with Crippen LogP contribution < -0.4 is 9.62 Å². The summed E-state index contributed by atoms with van der Waals surface area (Å²) in [7, 11) is -3.68. The number of hydrogen-bond donors (Lipinski definition) is 2. The van der Waals surface area contributed by atoms with E-state index in [0.717, 1.165) is 24.6 Å². The van der Waals surface area contributed by atoms with Crippen molar-refractivity contribution in [1.82, 2.24) is 24.9 Å². The van der Waals surface area contributed by atoms with Crippen LogP contribution in [0.5, 0.6) is 0 Å². The van der Waals surface area contributed by atoms with Crippen LogP contribution in [0.3, 0.4) is 0 Å². The minimum Gasteiger partial charge on any atom is -0.378 e. The molecule has 25 heavy (non-hydrogen) atoms. The SMILES string of the molecule is Cc1cc(N2CCOCC2)nc(CNS(=O)(=O)c2c(C)n[nH]c2C)n1. The Hall–Kier alpha value is -2.04. The topological polar surface area (TPSA) is 113 Å². The van der Waals surface area contributed by atoms with Crippen LogP contribution >= 0.6 is 0 Å². The zero-order valence-corrected chi connectivity index (χ0v) is 15.4. The number of H-pyrrole nitrogens is 1. The summed E-state index contributed by atoms with van der Waals surface area (Å²) in [5.74, 6) is 1.23. The first-order valence-electron chi connectivity index (χ1n) is 8.05. The maximum absolute atomic E-state index is 12.5. The number of hydrogen-bond acceptors (Lipinski definition) is 7. The van der Waals surface area contributed by atoms with E-state index in [4.69, 9.17) is 4.74 Å². The normalized spacial score (nSPS) is 15.6. The lowest BCUT2D eigenvalue weighted by Gasteiger charge is -2.28. The van der Waals surface area contributed by atoms with Gasteiger partial charge in [0, 0.05) is 24.8 Å². The molecule has 0 aromatic carbocycles. The van der Waals surface area contributed by atoms with Crippen molar-refractivity contribution < 1.29 is 13.2 Å². The molecule has 3 rings (SSSR count). The highest BCUT2D eigenvalue weighted by molar-refractivity contribution is 7.89. The van der Waals surface area contributed by atoms with Crippen LogP contribution in [0.2, 0.25) is 0 Å². The fourth-order valence-electron chi connectivity index (χ4n) is 2.81. The third-order valence-electron chi connectivity index (χ3n) is 3.97. The fraction of sp³-hybridized carbons (Fsp3) is 0.533. The molecule has 1 aliphatic rings. The molecule has 136 valence electrons. The molecule has 9 nitrogen and oxygen atoms in total. The second kappa shape index (κ2) is 7.06. The minimum absolute atomic E-state index is 0.0193. The molecular formula is C15H22N6O3S. The van der Waals surface area contributed by atoms with Gasteiger partial charge in [-0.05, 0) is 20.8 Å². The molecule has 1 fully saturated rings. The lowest BCUT2D eigenvalue weighted by atomic mass is 10.3. The summed E-state index contributed by atoms with van der Waals surface area (Å²) in [6.07, 6.45) is 0. The summed E-state index contributed by atoms with van der Waals surface area (Å²) in [6, 6.07) is 1.90. The predicted molar refractivity (Wildman–Crippen MR) is 91.9 cm³/mol. The van der Waals surface area contributed by atoms with Crippen LogP contribution in [0.25, 0.3) is 0 Å². The van der Waals surface area contributed by atoms with Crippen molar-refractivity contribution in [2.75, 3.05) is 31.2 Å². The predicted octanol–water partition coefficient (Wildman–Crippen LogP) is 0.440. The molecule has 2 N–H and O–H groups in total. The maximum Gasteiger partial charge on any atom is 0.244 e. The number of nitrogens with zero attached hydrogens (tertiary/aromatic N) is 4. The first kappa shape index (κ1) is 17.8. The Kier molecular flexibility index (Phi) is 5.02. The van der Waals surface area contributed by atoms with Gasteiger partial charge < -0.3 is 9.64 Å². The van der Waals surface area contributed by atoms with Crippen molar-refractivity contribution in [3.63, 3.8) is 0 Å². The molecule has 0 saturated carbocycles. The molecule has 10 heteroatoms. The van der Waals surface area contributed by atoms with E-state index in [0.29, 0.717) is 30.4 Å². The molecule has 3 heterocycles. The van der Waals surface area contributed by atoms with E-state index in [-0.39, 0.29) is 11.4 Å². The van der Waals surface area contributed by atoms with E-state index in [1.807, 2.05) is 13.0 Å². The van der Waals surface area contributed by atoms with Gasteiger partial charge in [-0.3, -0.25) is 5.10 Å². The number of sulfonamides is 1. The number of aromatic nitrogens is 4. The summed E-state index contributed by atoms with van der Waals surface area (Å²) in [6.45, 7) is 8.05. The van der Waals surface area contributed by atoms with Gasteiger partial charge in [0.2, 0.25) is 10.0 Å². The summed E-state index contributed by atoms with van der Waals surface area (Å²) in [5.41, 5.74) is 1.73. The van der Waals surface area contributed by atoms with Crippen molar-refractivity contribution in [1.29, 1.82) is 0 Å². The molecule has 0 atom stereocenters. The largest absolute Gasteiger partial charge is 0.378 e. The van der Waals surface area contributed by atoms with Crippen LogP contribution in [0.15, 0.2) is 11.0 Å². The second-order valence-electron chi connectivity index (χ2n) is 5.97. The zero-order valence-electron chi connectivity index (χ0n) is 14.5. The smallest absolute Gasteiger partial charge is 0.244 e. The van der Waals surface area contributed by atoms with Crippen molar-refractivity contribution in [3.05, 3.63) is 29.0 Å². The van der Waals surface area contributed by atoms with Gasteiger partial charge >= 0.3 is 0 Å². The van der Waals surface area contributed by atoms with Gasteiger partial charge in [-0.25, -0.2) is 23.1 Å². The van der Waals surface area contributed by atoms with Crippen molar-refractivity contribution in [2.45, 2.75) is 32.2 Å².